The van der Waals surface area contributed by atoms with Crippen LogP contribution in [0.3, 0.4) is 0 Å². The molecule has 0 unspecified atom stereocenters. The van der Waals surface area contributed by atoms with Crippen LogP contribution in [0, 0.1) is 5.82 Å². The van der Waals surface area contributed by atoms with Crippen LogP contribution in [-0.2, 0) is 5.75 Å². The van der Waals surface area contributed by atoms with E-state index in [9.17, 15) is 4.39 Å². The van der Waals surface area contributed by atoms with Crippen LogP contribution in [-0.4, -0.2) is 15.0 Å². The van der Waals surface area contributed by atoms with Gasteiger partial charge >= 0.3 is 0 Å². The van der Waals surface area contributed by atoms with Crippen LogP contribution < -0.4 is 0 Å². The van der Waals surface area contributed by atoms with Crippen LogP contribution >= 0.6 is 11.8 Å². The molecule has 0 aliphatic carbocycles. The standard InChI is InChI=1S/C16H12FN3S/c17-14-5-3-13(4-6-14)15-7-9-19-16(20-15)21-11-12-2-1-8-18-10-12/h1-10H,11H2. The summed E-state index contributed by atoms with van der Waals surface area (Å²) in [7, 11) is 0. The van der Waals surface area contributed by atoms with Crippen molar-refractivity contribution in [1.82, 2.24) is 15.0 Å². The lowest BCUT2D eigenvalue weighted by Crippen LogP contribution is -1.91. The minimum atomic E-state index is -0.251. The van der Waals surface area contributed by atoms with E-state index in [0.717, 1.165) is 22.6 Å². The third-order valence-corrected chi connectivity index (χ3v) is 3.80. The minimum Gasteiger partial charge on any atom is -0.264 e. The molecule has 3 rings (SSSR count). The number of thioether (sulfide) groups is 1. The number of halogens is 1. The number of nitrogens with zero attached hydrogens (tertiary/aromatic N) is 3. The molecule has 2 aromatic heterocycles. The molecule has 0 amide bonds. The van der Waals surface area contributed by atoms with Crippen molar-refractivity contribution >= 4 is 11.8 Å². The number of hydrogen-bond donors (Lipinski definition) is 0. The van der Waals surface area contributed by atoms with Gasteiger partial charge in [-0.25, -0.2) is 14.4 Å². The van der Waals surface area contributed by atoms with Gasteiger partial charge < -0.3 is 0 Å². The van der Waals surface area contributed by atoms with Crippen molar-refractivity contribution in [3.63, 3.8) is 0 Å². The van der Waals surface area contributed by atoms with Gasteiger partial charge in [0.25, 0.3) is 0 Å². The van der Waals surface area contributed by atoms with E-state index in [1.165, 1.54) is 12.1 Å². The van der Waals surface area contributed by atoms with Gasteiger partial charge in [0.15, 0.2) is 5.16 Å². The maximum absolute atomic E-state index is 12.9. The highest BCUT2D eigenvalue weighted by Gasteiger charge is 2.04. The number of pyridine rings is 1. The van der Waals surface area contributed by atoms with Gasteiger partial charge in [-0.2, -0.15) is 0 Å². The third-order valence-electron chi connectivity index (χ3n) is 2.86. The highest BCUT2D eigenvalue weighted by molar-refractivity contribution is 7.98. The fourth-order valence-corrected chi connectivity index (χ4v) is 2.59. The topological polar surface area (TPSA) is 38.7 Å². The Morgan fingerprint density at radius 1 is 1.00 bits per heavy atom. The molecule has 0 spiro atoms. The van der Waals surface area contributed by atoms with Crippen molar-refractivity contribution in [2.24, 2.45) is 0 Å². The largest absolute Gasteiger partial charge is 0.264 e. The Kier molecular flexibility index (Phi) is 4.21. The van der Waals surface area contributed by atoms with Crippen LogP contribution in [0.15, 0.2) is 66.2 Å². The lowest BCUT2D eigenvalue weighted by atomic mass is 10.1. The monoisotopic (exact) mass is 297 g/mol. The average Bonchev–Trinajstić information content (AvgIpc) is 2.55. The third kappa shape index (κ3) is 3.64. The van der Waals surface area contributed by atoms with E-state index in [1.807, 2.05) is 24.4 Å². The zero-order valence-electron chi connectivity index (χ0n) is 11.1. The molecule has 0 bridgehead atoms. The molecule has 0 N–H and O–H groups in total. The molecule has 21 heavy (non-hydrogen) atoms. The van der Waals surface area contributed by atoms with E-state index in [-0.39, 0.29) is 5.82 Å². The van der Waals surface area contributed by atoms with E-state index in [1.54, 1.807) is 36.3 Å². The SMILES string of the molecule is Fc1ccc(-c2ccnc(SCc3cccnc3)n2)cc1. The quantitative estimate of drug-likeness (QED) is 0.539. The van der Waals surface area contributed by atoms with Crippen LogP contribution in [0.25, 0.3) is 11.3 Å². The van der Waals surface area contributed by atoms with Crippen LogP contribution in [0.1, 0.15) is 5.56 Å². The zero-order valence-corrected chi connectivity index (χ0v) is 11.9. The van der Waals surface area contributed by atoms with Gasteiger partial charge in [-0.15, -0.1) is 0 Å². The Labute approximate surface area is 126 Å². The summed E-state index contributed by atoms with van der Waals surface area (Å²) in [6.45, 7) is 0. The first kappa shape index (κ1) is 13.7. The maximum atomic E-state index is 12.9. The normalized spacial score (nSPS) is 10.5. The molecule has 1 aromatic carbocycles. The molecular weight excluding hydrogens is 285 g/mol. The molecule has 0 saturated carbocycles. The summed E-state index contributed by atoms with van der Waals surface area (Å²) in [5, 5.41) is 0.695. The molecule has 2 heterocycles. The second kappa shape index (κ2) is 6.45. The Morgan fingerprint density at radius 2 is 1.86 bits per heavy atom. The fourth-order valence-electron chi connectivity index (χ4n) is 1.82. The smallest absolute Gasteiger partial charge is 0.188 e. The summed E-state index contributed by atoms with van der Waals surface area (Å²) >= 11 is 1.55. The van der Waals surface area contributed by atoms with Crippen LogP contribution in [0.5, 0.6) is 0 Å². The maximum Gasteiger partial charge on any atom is 0.188 e. The van der Waals surface area contributed by atoms with Gasteiger partial charge in [-0.3, -0.25) is 4.98 Å². The Morgan fingerprint density at radius 3 is 2.62 bits per heavy atom. The van der Waals surface area contributed by atoms with Gasteiger partial charge in [-0.05, 0) is 42.0 Å². The van der Waals surface area contributed by atoms with E-state index in [4.69, 9.17) is 0 Å². The molecule has 0 atom stereocenters. The molecule has 0 fully saturated rings. The summed E-state index contributed by atoms with van der Waals surface area (Å²) in [5.41, 5.74) is 2.79. The zero-order chi connectivity index (χ0) is 14.5. The Balaban J connectivity index is 1.75. The van der Waals surface area contributed by atoms with E-state index >= 15 is 0 Å². The van der Waals surface area contributed by atoms with Crippen molar-refractivity contribution in [2.75, 3.05) is 0 Å². The summed E-state index contributed by atoms with van der Waals surface area (Å²) < 4.78 is 12.9. The Hall–Kier alpha value is -2.27. The second-order valence-electron chi connectivity index (χ2n) is 4.38. The van der Waals surface area contributed by atoms with Crippen molar-refractivity contribution in [3.05, 3.63) is 72.4 Å². The molecule has 0 aliphatic rings. The molecule has 3 nitrogen and oxygen atoms in total. The van der Waals surface area contributed by atoms with Crippen molar-refractivity contribution in [1.29, 1.82) is 0 Å². The summed E-state index contributed by atoms with van der Waals surface area (Å²) in [5.74, 6) is 0.514. The van der Waals surface area contributed by atoms with E-state index < -0.39 is 0 Å². The molecule has 104 valence electrons. The minimum absolute atomic E-state index is 0.251. The summed E-state index contributed by atoms with van der Waals surface area (Å²) in [6, 6.07) is 12.0. The highest BCUT2D eigenvalue weighted by Crippen LogP contribution is 2.22. The molecule has 5 heteroatoms. The Bertz CT molecular complexity index is 717. The number of rotatable bonds is 4. The number of benzene rings is 1. The summed E-state index contributed by atoms with van der Waals surface area (Å²) in [4.78, 5) is 12.8. The van der Waals surface area contributed by atoms with Gasteiger partial charge in [0.1, 0.15) is 5.82 Å². The van der Waals surface area contributed by atoms with Gasteiger partial charge in [0, 0.05) is 29.9 Å². The first-order valence-electron chi connectivity index (χ1n) is 6.42. The number of aromatic nitrogens is 3. The highest BCUT2D eigenvalue weighted by atomic mass is 32.2. The number of hydrogen-bond acceptors (Lipinski definition) is 4. The molecule has 0 saturated heterocycles. The van der Waals surface area contributed by atoms with Gasteiger partial charge in [0.05, 0.1) is 5.69 Å². The molecule has 3 aromatic rings. The lowest BCUT2D eigenvalue weighted by Gasteiger charge is -2.04. The van der Waals surface area contributed by atoms with Crippen LogP contribution in [0.2, 0.25) is 0 Å². The van der Waals surface area contributed by atoms with Crippen molar-refractivity contribution in [3.8, 4) is 11.3 Å². The first-order chi connectivity index (χ1) is 10.3. The molecule has 0 radical (unpaired) electrons. The van der Waals surface area contributed by atoms with Gasteiger partial charge in [-0.1, -0.05) is 17.8 Å². The van der Waals surface area contributed by atoms with Crippen molar-refractivity contribution < 1.29 is 4.39 Å². The second-order valence-corrected chi connectivity index (χ2v) is 5.32. The molecule has 0 aliphatic heterocycles. The van der Waals surface area contributed by atoms with E-state index in [0.29, 0.717) is 5.16 Å². The predicted molar refractivity (Wildman–Crippen MR) is 81.2 cm³/mol. The summed E-state index contributed by atoms with van der Waals surface area (Å²) in [6.07, 6.45) is 5.30. The lowest BCUT2D eigenvalue weighted by molar-refractivity contribution is 0.628. The first-order valence-corrected chi connectivity index (χ1v) is 7.40. The van der Waals surface area contributed by atoms with Crippen LogP contribution in [0.4, 0.5) is 4.39 Å². The predicted octanol–water partition coefficient (Wildman–Crippen LogP) is 3.97. The average molecular weight is 297 g/mol. The van der Waals surface area contributed by atoms with Crippen molar-refractivity contribution in [2.45, 2.75) is 10.9 Å². The fraction of sp³-hybridized carbons (Fsp3) is 0.0625. The molecular formula is C16H12FN3S. The van der Waals surface area contributed by atoms with Gasteiger partial charge in [0.2, 0.25) is 0 Å². The van der Waals surface area contributed by atoms with E-state index in [2.05, 4.69) is 15.0 Å².